The monoisotopic (exact) mass is 168 g/mol. The average Bonchev–Trinajstić information content (AvgIpc) is 2.34. The van der Waals surface area contributed by atoms with E-state index < -0.39 is 0 Å². The lowest BCUT2D eigenvalue weighted by Crippen LogP contribution is -2.22. The highest BCUT2D eigenvalue weighted by atomic mass is 15.4. The number of anilines is 1. The summed E-state index contributed by atoms with van der Waals surface area (Å²) in [5.41, 5.74) is 11.0. The van der Waals surface area contributed by atoms with Gasteiger partial charge in [0.15, 0.2) is 5.82 Å². The van der Waals surface area contributed by atoms with Gasteiger partial charge in [0.1, 0.15) is 0 Å². The lowest BCUT2D eigenvalue weighted by molar-refractivity contribution is 0.656. The molecule has 0 amide bonds. The van der Waals surface area contributed by atoms with E-state index in [1.54, 1.807) is 6.08 Å². The summed E-state index contributed by atoms with van der Waals surface area (Å²) in [5.74, 6) is 6.11. The maximum absolute atomic E-state index is 5.69. The van der Waals surface area contributed by atoms with Gasteiger partial charge in [0.05, 0.1) is 6.04 Å². The van der Waals surface area contributed by atoms with Crippen molar-refractivity contribution in [1.82, 2.24) is 14.9 Å². The molecule has 1 heterocycles. The quantitative estimate of drug-likeness (QED) is 0.402. The van der Waals surface area contributed by atoms with E-state index in [2.05, 4.69) is 16.8 Å². The maximum Gasteiger partial charge on any atom is 0.240 e. The first-order chi connectivity index (χ1) is 5.66. The molecule has 6 nitrogen and oxygen atoms in total. The van der Waals surface area contributed by atoms with Crippen molar-refractivity contribution in [3.05, 3.63) is 18.5 Å². The molecule has 6 heteroatoms. The van der Waals surface area contributed by atoms with Crippen LogP contribution in [0.3, 0.4) is 0 Å². The second kappa shape index (κ2) is 3.22. The number of nitrogen functional groups attached to an aromatic ring is 2. The normalized spacial score (nSPS) is 12.8. The van der Waals surface area contributed by atoms with Crippen LogP contribution in [0, 0.1) is 0 Å². The predicted molar refractivity (Wildman–Crippen MR) is 46.3 cm³/mol. The molecule has 66 valence electrons. The topological polar surface area (TPSA) is 109 Å². The Hall–Kier alpha value is -1.56. The van der Waals surface area contributed by atoms with Crippen molar-refractivity contribution in [2.45, 2.75) is 12.5 Å². The average molecular weight is 168 g/mol. The fourth-order valence-corrected chi connectivity index (χ4v) is 0.854. The zero-order valence-corrected chi connectivity index (χ0v) is 6.64. The Morgan fingerprint density at radius 2 is 2.25 bits per heavy atom. The molecule has 1 aromatic rings. The van der Waals surface area contributed by atoms with Crippen LogP contribution in [0.15, 0.2) is 12.7 Å². The van der Waals surface area contributed by atoms with Crippen LogP contribution in [0.2, 0.25) is 0 Å². The lowest BCUT2D eigenvalue weighted by atomic mass is 10.2. The number of nitrogens with zero attached hydrogens (tertiary/aromatic N) is 3. The van der Waals surface area contributed by atoms with Gasteiger partial charge in [-0.05, 0) is 6.42 Å². The van der Waals surface area contributed by atoms with Gasteiger partial charge in [-0.25, -0.2) is 4.68 Å². The van der Waals surface area contributed by atoms with Crippen molar-refractivity contribution in [1.29, 1.82) is 0 Å². The van der Waals surface area contributed by atoms with E-state index in [0.29, 0.717) is 12.2 Å². The van der Waals surface area contributed by atoms with Gasteiger partial charge < -0.3 is 17.3 Å². The first-order valence-electron chi connectivity index (χ1n) is 3.49. The summed E-state index contributed by atoms with van der Waals surface area (Å²) < 4.78 is 1.17. The molecule has 6 N–H and O–H groups in total. The highest BCUT2D eigenvalue weighted by Gasteiger charge is 2.13. The van der Waals surface area contributed by atoms with Gasteiger partial charge in [0.25, 0.3) is 0 Å². The molecule has 0 aromatic carbocycles. The summed E-state index contributed by atoms with van der Waals surface area (Å²) in [6.45, 7) is 3.55. The summed E-state index contributed by atoms with van der Waals surface area (Å²) in [7, 11) is 0. The number of hydrogen-bond acceptors (Lipinski definition) is 5. The van der Waals surface area contributed by atoms with Gasteiger partial charge in [-0.1, -0.05) is 6.08 Å². The van der Waals surface area contributed by atoms with E-state index in [4.69, 9.17) is 17.3 Å². The van der Waals surface area contributed by atoms with Crippen molar-refractivity contribution in [2.24, 2.45) is 5.73 Å². The standard InChI is InChI=1S/C6H12N6/c1-2-3-4(7)5-10-11-6(8)12(5)9/h2,4H,1,3,7,9H2,(H2,8,11). The SMILES string of the molecule is C=CCC(N)c1nnc(N)n1N. The smallest absolute Gasteiger partial charge is 0.240 e. The molecule has 0 saturated heterocycles. The van der Waals surface area contributed by atoms with Gasteiger partial charge in [-0.3, -0.25) is 0 Å². The number of hydrogen-bond donors (Lipinski definition) is 3. The van der Waals surface area contributed by atoms with E-state index in [0.717, 1.165) is 0 Å². The molecular formula is C6H12N6. The van der Waals surface area contributed by atoms with Crippen LogP contribution in [0.1, 0.15) is 18.3 Å². The van der Waals surface area contributed by atoms with Crippen molar-refractivity contribution < 1.29 is 0 Å². The number of aromatic nitrogens is 3. The van der Waals surface area contributed by atoms with Crippen molar-refractivity contribution in [3.8, 4) is 0 Å². The molecule has 0 bridgehead atoms. The summed E-state index contributed by atoms with van der Waals surface area (Å²) in [6.07, 6.45) is 2.28. The van der Waals surface area contributed by atoms with Gasteiger partial charge in [0.2, 0.25) is 5.95 Å². The molecule has 1 rings (SSSR count). The third kappa shape index (κ3) is 1.37. The molecule has 1 aromatic heterocycles. The lowest BCUT2D eigenvalue weighted by Gasteiger charge is -2.06. The second-order valence-corrected chi connectivity index (χ2v) is 2.42. The highest BCUT2D eigenvalue weighted by molar-refractivity contribution is 5.18. The molecule has 0 saturated carbocycles. The summed E-state index contributed by atoms with van der Waals surface area (Å²) in [6, 6.07) is -0.294. The highest BCUT2D eigenvalue weighted by Crippen LogP contribution is 2.11. The molecule has 0 spiro atoms. The molecule has 0 aliphatic rings. The number of rotatable bonds is 3. The zero-order valence-electron chi connectivity index (χ0n) is 6.64. The van der Waals surface area contributed by atoms with Crippen LogP contribution in [0.5, 0.6) is 0 Å². The summed E-state index contributed by atoms with van der Waals surface area (Å²) >= 11 is 0. The molecule has 12 heavy (non-hydrogen) atoms. The van der Waals surface area contributed by atoms with Gasteiger partial charge in [0, 0.05) is 0 Å². The molecule has 0 radical (unpaired) electrons. The van der Waals surface area contributed by atoms with Crippen molar-refractivity contribution in [3.63, 3.8) is 0 Å². The fourth-order valence-electron chi connectivity index (χ4n) is 0.854. The van der Waals surface area contributed by atoms with Crippen molar-refractivity contribution in [2.75, 3.05) is 11.6 Å². The van der Waals surface area contributed by atoms with Crippen LogP contribution in [0.25, 0.3) is 0 Å². The summed E-state index contributed by atoms with van der Waals surface area (Å²) in [4.78, 5) is 0. The third-order valence-electron chi connectivity index (χ3n) is 1.50. The Kier molecular flexibility index (Phi) is 2.29. The largest absolute Gasteiger partial charge is 0.366 e. The van der Waals surface area contributed by atoms with E-state index >= 15 is 0 Å². The Labute approximate surface area is 70.0 Å². The minimum atomic E-state index is -0.294. The van der Waals surface area contributed by atoms with Gasteiger partial charge in [-0.2, -0.15) is 0 Å². The van der Waals surface area contributed by atoms with Gasteiger partial charge >= 0.3 is 0 Å². The van der Waals surface area contributed by atoms with Crippen LogP contribution < -0.4 is 17.3 Å². The van der Waals surface area contributed by atoms with Crippen LogP contribution in [-0.2, 0) is 0 Å². The van der Waals surface area contributed by atoms with E-state index in [9.17, 15) is 0 Å². The molecule has 1 atom stereocenters. The Morgan fingerprint density at radius 1 is 1.58 bits per heavy atom. The fraction of sp³-hybridized carbons (Fsp3) is 0.333. The predicted octanol–water partition coefficient (Wildman–Crippen LogP) is -0.850. The molecule has 0 aliphatic heterocycles. The minimum absolute atomic E-state index is 0.157. The first-order valence-corrected chi connectivity index (χ1v) is 3.49. The van der Waals surface area contributed by atoms with Crippen LogP contribution in [-0.4, -0.2) is 14.9 Å². The Balaban J connectivity index is 2.87. The van der Waals surface area contributed by atoms with Crippen LogP contribution >= 0.6 is 0 Å². The molecule has 1 unspecified atom stereocenters. The third-order valence-corrected chi connectivity index (χ3v) is 1.50. The molecular weight excluding hydrogens is 156 g/mol. The van der Waals surface area contributed by atoms with Gasteiger partial charge in [-0.15, -0.1) is 16.8 Å². The van der Waals surface area contributed by atoms with E-state index in [1.165, 1.54) is 4.68 Å². The maximum atomic E-state index is 5.69. The molecule has 0 aliphatic carbocycles. The van der Waals surface area contributed by atoms with E-state index in [1.807, 2.05) is 0 Å². The Bertz CT molecular complexity index is 278. The zero-order chi connectivity index (χ0) is 9.14. The second-order valence-electron chi connectivity index (χ2n) is 2.42. The summed E-state index contributed by atoms with van der Waals surface area (Å²) in [5, 5.41) is 7.29. The van der Waals surface area contributed by atoms with Crippen LogP contribution in [0.4, 0.5) is 5.95 Å². The number of nitrogens with two attached hydrogens (primary N) is 3. The molecule has 0 fully saturated rings. The Morgan fingerprint density at radius 3 is 2.67 bits per heavy atom. The van der Waals surface area contributed by atoms with E-state index in [-0.39, 0.29) is 12.0 Å². The minimum Gasteiger partial charge on any atom is -0.366 e. The first kappa shape index (κ1) is 8.54. The van der Waals surface area contributed by atoms with Crippen molar-refractivity contribution >= 4 is 5.95 Å².